The predicted molar refractivity (Wildman–Crippen MR) is 115 cm³/mol. The molecule has 1 N–H and O–H groups in total. The molecule has 0 atom stereocenters. The fourth-order valence-corrected chi connectivity index (χ4v) is 4.07. The minimum absolute atomic E-state index is 0.346. The molecule has 0 fully saturated rings. The molecule has 1 nitrogen and oxygen atoms in total. The zero-order valence-electron chi connectivity index (χ0n) is 17.2. The van der Waals surface area contributed by atoms with E-state index in [1.807, 2.05) is 0 Å². The Morgan fingerprint density at radius 1 is 0.680 bits per heavy atom. The van der Waals surface area contributed by atoms with Crippen molar-refractivity contribution in [1.82, 2.24) is 0 Å². The summed E-state index contributed by atoms with van der Waals surface area (Å²) < 4.78 is 0. The van der Waals surface area contributed by atoms with Crippen molar-refractivity contribution in [1.29, 1.82) is 0 Å². The van der Waals surface area contributed by atoms with Crippen LogP contribution in [-0.4, -0.2) is 17.2 Å². The van der Waals surface area contributed by atoms with Crippen LogP contribution in [0.1, 0.15) is 72.9 Å². The van der Waals surface area contributed by atoms with Gasteiger partial charge in [0.1, 0.15) is 0 Å². The summed E-state index contributed by atoms with van der Waals surface area (Å²) in [5.74, 6) is 0. The maximum atomic E-state index is 9.38. The van der Waals surface area contributed by atoms with Crippen LogP contribution in [0.5, 0.6) is 0 Å². The first-order chi connectivity index (χ1) is 11.7. The van der Waals surface area contributed by atoms with Crippen LogP contribution in [0.15, 0.2) is 0 Å². The third-order valence-corrected chi connectivity index (χ3v) is 6.58. The quantitative estimate of drug-likeness (QED) is 0.314. The van der Waals surface area contributed by atoms with Crippen molar-refractivity contribution < 1.29 is 20.0 Å². The molecule has 1 aromatic rings. The van der Waals surface area contributed by atoms with Crippen LogP contribution >= 0.6 is 27.5 Å². The summed E-state index contributed by atoms with van der Waals surface area (Å²) in [5, 5.41) is 0. The van der Waals surface area contributed by atoms with Gasteiger partial charge in [-0.1, -0.05) is 26.7 Å². The third-order valence-electron chi connectivity index (χ3n) is 4.91. The van der Waals surface area contributed by atoms with Gasteiger partial charge >= 0.3 is 34.5 Å². The van der Waals surface area contributed by atoms with E-state index in [2.05, 4.69) is 55.4 Å². The van der Waals surface area contributed by atoms with Crippen molar-refractivity contribution in [2.24, 2.45) is 0 Å². The van der Waals surface area contributed by atoms with Crippen LogP contribution < -0.4 is 0 Å². The van der Waals surface area contributed by atoms with E-state index in [-0.39, 0.29) is 15.1 Å². The second-order valence-electron chi connectivity index (χ2n) is 6.46. The van der Waals surface area contributed by atoms with Gasteiger partial charge in [-0.25, -0.2) is 0 Å². The third kappa shape index (κ3) is 12.0. The number of benzene rings is 1. The number of hydrogen-bond donors (Lipinski definition) is 1. The summed E-state index contributed by atoms with van der Waals surface area (Å²) in [5.41, 5.74) is 8.73. The van der Waals surface area contributed by atoms with E-state index in [0.717, 1.165) is 12.3 Å². The maximum absolute atomic E-state index is 9.38. The second kappa shape index (κ2) is 16.9. The fraction of sp³-hybridized carbons (Fsp3) is 0.700. The van der Waals surface area contributed by atoms with Crippen molar-refractivity contribution in [3.8, 4) is 0 Å². The molecule has 150 valence electrons. The average Bonchev–Trinajstić information content (AvgIpc) is 2.60. The Morgan fingerprint density at radius 2 is 0.880 bits per heavy atom. The number of unbranched alkanes of at least 4 members (excludes halogenated alkanes) is 2. The molecular weight excluding hydrogens is 459 g/mol. The van der Waals surface area contributed by atoms with E-state index in [4.69, 9.17) is 19.4 Å². The summed E-state index contributed by atoms with van der Waals surface area (Å²) in [6.45, 7) is 17.6. The molecule has 0 bridgehead atoms. The zero-order chi connectivity index (χ0) is 20.0. The van der Waals surface area contributed by atoms with Gasteiger partial charge in [0, 0.05) is 8.15 Å². The molecule has 0 aliphatic heterocycles. The van der Waals surface area contributed by atoms with Crippen LogP contribution in [-0.2, 0) is 15.1 Å². The summed E-state index contributed by atoms with van der Waals surface area (Å²) in [6.07, 6.45) is 6.95. The first-order valence-electron chi connectivity index (χ1n) is 9.01. The van der Waals surface area contributed by atoms with Crippen molar-refractivity contribution in [3.63, 3.8) is 0 Å². The van der Waals surface area contributed by atoms with Crippen LogP contribution in [0, 0.1) is 41.5 Å². The molecule has 0 unspecified atom stereocenters. The molecule has 0 saturated heterocycles. The minimum atomic E-state index is -0.592. The molecule has 25 heavy (non-hydrogen) atoms. The second-order valence-corrected chi connectivity index (χ2v) is 11.0. The molecule has 5 heteroatoms. The van der Waals surface area contributed by atoms with Crippen molar-refractivity contribution in [2.75, 3.05) is 12.3 Å². The van der Waals surface area contributed by atoms with Gasteiger partial charge in [-0.05, 0) is 100 Å². The van der Waals surface area contributed by atoms with Gasteiger partial charge in [-0.15, -0.1) is 0 Å². The van der Waals surface area contributed by atoms with Crippen LogP contribution in [0.25, 0.3) is 0 Å². The Labute approximate surface area is 173 Å². The van der Waals surface area contributed by atoms with Crippen molar-refractivity contribution >= 4 is 27.5 Å². The molecule has 0 aromatic heterocycles. The van der Waals surface area contributed by atoms with Gasteiger partial charge in [-0.3, -0.25) is 0 Å². The molecule has 0 radical (unpaired) electrons. The average molecular weight is 496 g/mol. The number of rotatable bonds is 6. The Kier molecular flexibility index (Phi) is 19.0. The van der Waals surface area contributed by atoms with Gasteiger partial charge < -0.3 is 4.89 Å². The predicted octanol–water partition coefficient (Wildman–Crippen LogP) is 7.89. The summed E-state index contributed by atoms with van der Waals surface area (Å²) in [6, 6.07) is 0. The first-order valence-corrected chi connectivity index (χ1v) is 15.2. The van der Waals surface area contributed by atoms with Crippen LogP contribution in [0.4, 0.5) is 0 Å². The molecular formula is C20H37Cl2OPRu. The molecule has 0 spiro atoms. The Bertz CT molecular complexity index is 368. The van der Waals surface area contributed by atoms with Gasteiger partial charge in [0.2, 0.25) is 0 Å². The van der Waals surface area contributed by atoms with Gasteiger partial charge in [0.05, 0.1) is 0 Å². The van der Waals surface area contributed by atoms with E-state index in [0.29, 0.717) is 0 Å². The topological polar surface area (TPSA) is 20.2 Å². The molecule has 0 aliphatic rings. The van der Waals surface area contributed by atoms with Crippen LogP contribution in [0.3, 0.4) is 0 Å². The molecule has 1 aromatic carbocycles. The van der Waals surface area contributed by atoms with E-state index in [1.165, 1.54) is 59.1 Å². The Morgan fingerprint density at radius 3 is 1.04 bits per heavy atom. The Hall–Kier alpha value is 0.813. The molecule has 0 aliphatic carbocycles. The molecule has 0 saturated carbocycles. The first kappa shape index (κ1) is 28.0. The number of hydrogen-bond acceptors (Lipinski definition) is 1. The zero-order valence-corrected chi connectivity index (χ0v) is 21.4. The van der Waals surface area contributed by atoms with Gasteiger partial charge in [0.25, 0.3) is 0 Å². The van der Waals surface area contributed by atoms with Gasteiger partial charge in [-0.2, -0.15) is 0 Å². The van der Waals surface area contributed by atoms with Gasteiger partial charge in [0.15, 0.2) is 0 Å². The molecule has 1 rings (SSSR count). The fourth-order valence-electron chi connectivity index (χ4n) is 2.48. The summed E-state index contributed by atoms with van der Waals surface area (Å²) >= 11 is -0.346. The summed E-state index contributed by atoms with van der Waals surface area (Å²) in [7, 11) is 9.12. The van der Waals surface area contributed by atoms with E-state index in [1.54, 1.807) is 0 Å². The summed E-state index contributed by atoms with van der Waals surface area (Å²) in [4.78, 5) is 9.38. The SMILES string of the molecule is CCCCP(O)CCCC.Cc1c(C)c(C)c(C)c(C)c1C.[Cl][Ru][Cl]. The van der Waals surface area contributed by atoms with E-state index in [9.17, 15) is 4.89 Å². The van der Waals surface area contributed by atoms with Crippen LogP contribution in [0.2, 0.25) is 0 Å². The standard InChI is InChI=1S/C12H18.C8H19OP.2ClH.Ru/c1-7-8(2)10(4)12(6)11(5)9(7)3;1-3-5-7-10(9)8-6-4-2;;;/h1-6H3;9H,3-8H2,1-2H3;2*1H;/q;;;;+2/p-2. The monoisotopic (exact) mass is 496 g/mol. The van der Waals surface area contributed by atoms with E-state index >= 15 is 0 Å². The normalized spacial score (nSPS) is 10.2. The Balaban J connectivity index is 0. The van der Waals surface area contributed by atoms with E-state index < -0.39 is 8.15 Å². The number of halogens is 2. The molecule has 0 amide bonds. The molecule has 0 heterocycles. The van der Waals surface area contributed by atoms with Crippen molar-refractivity contribution in [3.05, 3.63) is 33.4 Å². The van der Waals surface area contributed by atoms with Crippen molar-refractivity contribution in [2.45, 2.75) is 81.1 Å².